The minimum absolute atomic E-state index is 0.0280. The number of ether oxygens (including phenoxy) is 1. The van der Waals surface area contributed by atoms with E-state index in [-0.39, 0.29) is 24.6 Å². The Morgan fingerprint density at radius 3 is 2.25 bits per heavy atom. The Kier molecular flexibility index (Phi) is 4.51. The molecule has 20 heavy (non-hydrogen) atoms. The molecule has 104 valence electrons. The highest BCUT2D eigenvalue weighted by Gasteiger charge is 2.06. The van der Waals surface area contributed by atoms with Gasteiger partial charge in [-0.05, 0) is 54.8 Å². The number of carbonyl (C=O) groups is 1. The van der Waals surface area contributed by atoms with Crippen molar-refractivity contribution in [1.82, 2.24) is 0 Å². The molecule has 0 N–H and O–H groups in total. The number of benzene rings is 2. The first kappa shape index (κ1) is 14.3. The van der Waals surface area contributed by atoms with Crippen molar-refractivity contribution in [1.29, 1.82) is 0 Å². The number of hydrogen-bond donors (Lipinski definition) is 0. The van der Waals surface area contributed by atoms with E-state index in [4.69, 9.17) is 4.74 Å². The molecule has 0 aromatic heterocycles. The molecule has 0 spiro atoms. The zero-order valence-electron chi connectivity index (χ0n) is 11.7. The highest BCUT2D eigenvalue weighted by Crippen LogP contribution is 2.16. The number of rotatable bonds is 5. The van der Waals surface area contributed by atoms with Crippen molar-refractivity contribution in [3.05, 3.63) is 65.0 Å². The molecule has 0 radical (unpaired) electrons. The normalized spacial score (nSPS) is 10.3. The average Bonchev–Trinajstić information content (AvgIpc) is 2.38. The van der Waals surface area contributed by atoms with Crippen molar-refractivity contribution in [2.24, 2.45) is 0 Å². The maximum atomic E-state index is 12.8. The standard InChI is InChI=1S/C17H17FO2/c1-12-7-13(2)9-17(8-12)20-11-16(19)10-14-3-5-15(18)6-4-14/h3-9H,10-11H2,1-2H3. The molecular weight excluding hydrogens is 255 g/mol. The summed E-state index contributed by atoms with van der Waals surface area (Å²) in [5.41, 5.74) is 3.00. The van der Waals surface area contributed by atoms with Gasteiger partial charge in [0.15, 0.2) is 5.78 Å². The van der Waals surface area contributed by atoms with Gasteiger partial charge < -0.3 is 4.74 Å². The summed E-state index contributed by atoms with van der Waals surface area (Å²) in [6.45, 7) is 4.00. The third kappa shape index (κ3) is 4.19. The topological polar surface area (TPSA) is 26.3 Å². The van der Waals surface area contributed by atoms with Crippen LogP contribution >= 0.6 is 0 Å². The Hall–Kier alpha value is -2.16. The van der Waals surface area contributed by atoms with E-state index < -0.39 is 0 Å². The SMILES string of the molecule is Cc1cc(C)cc(OCC(=O)Cc2ccc(F)cc2)c1. The van der Waals surface area contributed by atoms with Gasteiger partial charge in [0.25, 0.3) is 0 Å². The Morgan fingerprint density at radius 2 is 1.65 bits per heavy atom. The number of halogens is 1. The molecule has 2 aromatic carbocycles. The van der Waals surface area contributed by atoms with Gasteiger partial charge in [0.1, 0.15) is 18.2 Å². The van der Waals surface area contributed by atoms with Crippen molar-refractivity contribution in [3.63, 3.8) is 0 Å². The molecule has 0 fully saturated rings. The summed E-state index contributed by atoms with van der Waals surface area (Å²) < 4.78 is 18.3. The fraction of sp³-hybridized carbons (Fsp3) is 0.235. The third-order valence-electron chi connectivity index (χ3n) is 2.91. The monoisotopic (exact) mass is 272 g/mol. The van der Waals surface area contributed by atoms with Crippen LogP contribution < -0.4 is 4.74 Å². The van der Waals surface area contributed by atoms with E-state index in [1.807, 2.05) is 32.0 Å². The zero-order valence-corrected chi connectivity index (χ0v) is 11.7. The largest absolute Gasteiger partial charge is 0.486 e. The average molecular weight is 272 g/mol. The van der Waals surface area contributed by atoms with Gasteiger partial charge in [0, 0.05) is 6.42 Å². The minimum Gasteiger partial charge on any atom is -0.486 e. The Labute approximate surface area is 118 Å². The van der Waals surface area contributed by atoms with Gasteiger partial charge in [-0.3, -0.25) is 4.79 Å². The summed E-state index contributed by atoms with van der Waals surface area (Å²) in [5.74, 6) is 0.374. The van der Waals surface area contributed by atoms with Gasteiger partial charge in [0.2, 0.25) is 0 Å². The molecule has 0 heterocycles. The number of Topliss-reactive ketones (excluding diaryl/α,β-unsaturated/α-hetero) is 1. The third-order valence-corrected chi connectivity index (χ3v) is 2.91. The van der Waals surface area contributed by atoms with Crippen LogP contribution in [0.1, 0.15) is 16.7 Å². The first-order valence-corrected chi connectivity index (χ1v) is 6.50. The molecule has 2 nitrogen and oxygen atoms in total. The maximum Gasteiger partial charge on any atom is 0.174 e. The minimum atomic E-state index is -0.298. The number of aryl methyl sites for hydroxylation is 2. The lowest BCUT2D eigenvalue weighted by Crippen LogP contribution is -2.14. The van der Waals surface area contributed by atoms with Crippen molar-refractivity contribution >= 4 is 5.78 Å². The van der Waals surface area contributed by atoms with E-state index in [9.17, 15) is 9.18 Å². The molecule has 2 aromatic rings. The second kappa shape index (κ2) is 6.33. The van der Waals surface area contributed by atoms with Gasteiger partial charge in [0.05, 0.1) is 0 Å². The molecule has 0 aliphatic heterocycles. The van der Waals surface area contributed by atoms with E-state index >= 15 is 0 Å². The molecule has 3 heteroatoms. The summed E-state index contributed by atoms with van der Waals surface area (Å²) in [6, 6.07) is 11.8. The summed E-state index contributed by atoms with van der Waals surface area (Å²) in [5, 5.41) is 0. The van der Waals surface area contributed by atoms with Gasteiger partial charge in [-0.15, -0.1) is 0 Å². The molecule has 0 saturated carbocycles. The van der Waals surface area contributed by atoms with Crippen molar-refractivity contribution in [2.75, 3.05) is 6.61 Å². The van der Waals surface area contributed by atoms with E-state index in [2.05, 4.69) is 0 Å². The molecular formula is C17H17FO2. The fourth-order valence-electron chi connectivity index (χ4n) is 2.06. The van der Waals surface area contributed by atoms with Crippen LogP contribution in [0.3, 0.4) is 0 Å². The van der Waals surface area contributed by atoms with Crippen LogP contribution in [0.2, 0.25) is 0 Å². The lowest BCUT2D eigenvalue weighted by Gasteiger charge is -2.07. The molecule has 0 amide bonds. The molecule has 0 atom stereocenters. The van der Waals surface area contributed by atoms with E-state index in [0.717, 1.165) is 16.7 Å². The molecule has 0 aliphatic rings. The predicted molar refractivity (Wildman–Crippen MR) is 76.5 cm³/mol. The van der Waals surface area contributed by atoms with Crippen molar-refractivity contribution in [3.8, 4) is 5.75 Å². The molecule has 0 bridgehead atoms. The van der Waals surface area contributed by atoms with E-state index in [0.29, 0.717) is 5.75 Å². The molecule has 2 rings (SSSR count). The zero-order chi connectivity index (χ0) is 14.5. The van der Waals surface area contributed by atoms with Crippen LogP contribution in [-0.4, -0.2) is 12.4 Å². The van der Waals surface area contributed by atoms with Crippen molar-refractivity contribution in [2.45, 2.75) is 20.3 Å². The molecule has 0 unspecified atom stereocenters. The maximum absolute atomic E-state index is 12.8. The van der Waals surface area contributed by atoms with Crippen LogP contribution in [0.5, 0.6) is 5.75 Å². The van der Waals surface area contributed by atoms with Crippen LogP contribution in [-0.2, 0) is 11.2 Å². The Morgan fingerprint density at radius 1 is 1.05 bits per heavy atom. The summed E-state index contributed by atoms with van der Waals surface area (Å²) in [6.07, 6.45) is 0.255. The fourth-order valence-corrected chi connectivity index (χ4v) is 2.06. The van der Waals surface area contributed by atoms with Crippen molar-refractivity contribution < 1.29 is 13.9 Å². The second-order valence-corrected chi connectivity index (χ2v) is 4.95. The molecule has 0 saturated heterocycles. The number of hydrogen-bond acceptors (Lipinski definition) is 2. The first-order valence-electron chi connectivity index (χ1n) is 6.50. The van der Waals surface area contributed by atoms with E-state index in [1.54, 1.807) is 12.1 Å². The van der Waals surface area contributed by atoms with Crippen LogP contribution in [0.4, 0.5) is 4.39 Å². The predicted octanol–water partition coefficient (Wildman–Crippen LogP) is 3.63. The lowest BCUT2D eigenvalue weighted by atomic mass is 10.1. The lowest BCUT2D eigenvalue weighted by molar-refractivity contribution is -0.120. The second-order valence-electron chi connectivity index (χ2n) is 4.95. The summed E-state index contributed by atoms with van der Waals surface area (Å²) in [4.78, 5) is 11.8. The van der Waals surface area contributed by atoms with Crippen LogP contribution in [0.25, 0.3) is 0 Å². The molecule has 0 aliphatic carbocycles. The highest BCUT2D eigenvalue weighted by atomic mass is 19.1. The first-order chi connectivity index (χ1) is 9.52. The highest BCUT2D eigenvalue weighted by molar-refractivity contribution is 5.82. The summed E-state index contributed by atoms with van der Waals surface area (Å²) >= 11 is 0. The van der Waals surface area contributed by atoms with E-state index in [1.165, 1.54) is 12.1 Å². The van der Waals surface area contributed by atoms with Gasteiger partial charge in [-0.2, -0.15) is 0 Å². The number of ketones is 1. The van der Waals surface area contributed by atoms with Gasteiger partial charge in [-0.1, -0.05) is 18.2 Å². The van der Waals surface area contributed by atoms with Gasteiger partial charge >= 0.3 is 0 Å². The summed E-state index contributed by atoms with van der Waals surface area (Å²) in [7, 11) is 0. The smallest absolute Gasteiger partial charge is 0.174 e. The van der Waals surface area contributed by atoms with Crippen LogP contribution in [0, 0.1) is 19.7 Å². The Bertz CT molecular complexity index is 583. The quantitative estimate of drug-likeness (QED) is 0.830. The number of carbonyl (C=O) groups excluding carboxylic acids is 1. The van der Waals surface area contributed by atoms with Gasteiger partial charge in [-0.25, -0.2) is 4.39 Å². The Balaban J connectivity index is 1.90. The van der Waals surface area contributed by atoms with Crippen LogP contribution in [0.15, 0.2) is 42.5 Å².